The third-order valence-electron chi connectivity index (χ3n) is 2.55. The van der Waals surface area contributed by atoms with Crippen molar-refractivity contribution in [1.29, 1.82) is 0 Å². The lowest BCUT2D eigenvalue weighted by Gasteiger charge is -2.11. The molecule has 1 heterocycles. The van der Waals surface area contributed by atoms with Gasteiger partial charge in [0.05, 0.1) is 18.5 Å². The molecule has 0 unspecified atom stereocenters. The molecule has 0 aliphatic heterocycles. The summed E-state index contributed by atoms with van der Waals surface area (Å²) in [5.41, 5.74) is 0.831. The zero-order valence-corrected chi connectivity index (χ0v) is 11.8. The summed E-state index contributed by atoms with van der Waals surface area (Å²) in [4.78, 5) is 8.50. The Labute approximate surface area is 119 Å². The summed E-state index contributed by atoms with van der Waals surface area (Å²) in [6.07, 6.45) is 4.25. The number of para-hydroxylation sites is 2. The summed E-state index contributed by atoms with van der Waals surface area (Å²) < 4.78 is 11.4. The molecule has 106 valence electrons. The maximum absolute atomic E-state index is 5.77. The smallest absolute Gasteiger partial charge is 0.238 e. The average molecular weight is 273 g/mol. The van der Waals surface area contributed by atoms with Gasteiger partial charge in [0, 0.05) is 12.7 Å². The van der Waals surface area contributed by atoms with Crippen LogP contribution < -0.4 is 14.8 Å². The van der Waals surface area contributed by atoms with Gasteiger partial charge in [0.1, 0.15) is 0 Å². The first-order chi connectivity index (χ1) is 9.83. The summed E-state index contributed by atoms with van der Waals surface area (Å²) in [6, 6.07) is 7.56. The van der Waals surface area contributed by atoms with Gasteiger partial charge in [-0.2, -0.15) is 0 Å². The summed E-state index contributed by atoms with van der Waals surface area (Å²) >= 11 is 0. The number of benzene rings is 1. The van der Waals surface area contributed by atoms with Gasteiger partial charge in [-0.15, -0.1) is 0 Å². The Morgan fingerprint density at radius 3 is 2.70 bits per heavy atom. The third-order valence-corrected chi connectivity index (χ3v) is 2.55. The van der Waals surface area contributed by atoms with Gasteiger partial charge in [-0.1, -0.05) is 19.1 Å². The molecule has 0 aliphatic carbocycles. The first-order valence-electron chi connectivity index (χ1n) is 6.68. The second-order valence-corrected chi connectivity index (χ2v) is 4.28. The Morgan fingerprint density at radius 2 is 1.95 bits per heavy atom. The van der Waals surface area contributed by atoms with Crippen molar-refractivity contribution in [2.45, 2.75) is 19.9 Å². The van der Waals surface area contributed by atoms with Gasteiger partial charge >= 0.3 is 0 Å². The van der Waals surface area contributed by atoms with Crippen LogP contribution in [0.3, 0.4) is 0 Å². The van der Waals surface area contributed by atoms with Crippen molar-refractivity contribution in [3.8, 4) is 17.4 Å². The van der Waals surface area contributed by atoms with Crippen molar-refractivity contribution < 1.29 is 9.47 Å². The van der Waals surface area contributed by atoms with E-state index in [4.69, 9.17) is 9.47 Å². The van der Waals surface area contributed by atoms with Crippen LogP contribution in [0.5, 0.6) is 17.4 Å². The predicted octanol–water partition coefficient (Wildman–Crippen LogP) is 2.78. The lowest BCUT2D eigenvalue weighted by Crippen LogP contribution is -2.07. The topological polar surface area (TPSA) is 56.3 Å². The molecule has 20 heavy (non-hydrogen) atoms. The van der Waals surface area contributed by atoms with Crippen LogP contribution in [0, 0.1) is 0 Å². The maximum Gasteiger partial charge on any atom is 0.238 e. The normalized spacial score (nSPS) is 10.3. The highest BCUT2D eigenvalue weighted by molar-refractivity contribution is 5.41. The van der Waals surface area contributed by atoms with Crippen LogP contribution in [0.4, 0.5) is 0 Å². The van der Waals surface area contributed by atoms with Crippen molar-refractivity contribution >= 4 is 0 Å². The number of aromatic nitrogens is 2. The maximum atomic E-state index is 5.77. The minimum Gasteiger partial charge on any atom is -0.490 e. The van der Waals surface area contributed by atoms with E-state index in [1.807, 2.05) is 31.3 Å². The Kier molecular flexibility index (Phi) is 5.32. The minimum atomic E-state index is 0.463. The number of ether oxygens (including phenoxy) is 2. The average Bonchev–Trinajstić information content (AvgIpc) is 2.47. The molecule has 0 spiro atoms. The van der Waals surface area contributed by atoms with Gasteiger partial charge in [-0.3, -0.25) is 4.98 Å². The molecule has 0 saturated carbocycles. The third kappa shape index (κ3) is 3.93. The van der Waals surface area contributed by atoms with E-state index in [1.165, 1.54) is 0 Å². The molecule has 0 bridgehead atoms. The van der Waals surface area contributed by atoms with E-state index in [1.54, 1.807) is 12.4 Å². The molecule has 1 aromatic carbocycles. The molecular formula is C15H19N3O2. The molecule has 0 radical (unpaired) electrons. The van der Waals surface area contributed by atoms with Gasteiger partial charge in [-0.25, -0.2) is 4.98 Å². The number of nitrogens with one attached hydrogen (secondary N) is 1. The molecule has 0 fully saturated rings. The molecule has 1 N–H and O–H groups in total. The highest BCUT2D eigenvalue weighted by Gasteiger charge is 2.07. The Morgan fingerprint density at radius 1 is 1.15 bits per heavy atom. The number of hydrogen-bond acceptors (Lipinski definition) is 5. The second kappa shape index (κ2) is 7.45. The Hall–Kier alpha value is -2.14. The van der Waals surface area contributed by atoms with Crippen molar-refractivity contribution in [3.05, 3.63) is 42.4 Å². The number of nitrogens with zero attached hydrogens (tertiary/aromatic N) is 2. The van der Waals surface area contributed by atoms with Crippen LogP contribution in [0.15, 0.2) is 36.7 Å². The molecule has 0 amide bonds. The lowest BCUT2D eigenvalue weighted by atomic mass is 10.3. The molecule has 0 saturated heterocycles. The van der Waals surface area contributed by atoms with E-state index >= 15 is 0 Å². The quantitative estimate of drug-likeness (QED) is 0.840. The van der Waals surface area contributed by atoms with Crippen molar-refractivity contribution in [2.75, 3.05) is 13.7 Å². The molecule has 0 atom stereocenters. The van der Waals surface area contributed by atoms with Crippen molar-refractivity contribution in [2.24, 2.45) is 0 Å². The number of rotatable bonds is 7. The largest absolute Gasteiger partial charge is 0.490 e. The molecule has 5 heteroatoms. The van der Waals surface area contributed by atoms with Crippen LogP contribution in [-0.4, -0.2) is 23.6 Å². The van der Waals surface area contributed by atoms with Gasteiger partial charge < -0.3 is 14.8 Å². The van der Waals surface area contributed by atoms with Gasteiger partial charge in [0.15, 0.2) is 11.5 Å². The van der Waals surface area contributed by atoms with Crippen LogP contribution >= 0.6 is 0 Å². The van der Waals surface area contributed by atoms with E-state index in [9.17, 15) is 0 Å². The minimum absolute atomic E-state index is 0.463. The van der Waals surface area contributed by atoms with Crippen LogP contribution in [0.1, 0.15) is 19.0 Å². The Balaban J connectivity index is 2.14. The molecule has 2 aromatic rings. The Bertz CT molecular complexity index is 546. The fraction of sp³-hybridized carbons (Fsp3) is 0.333. The molecular weight excluding hydrogens is 254 g/mol. The zero-order valence-electron chi connectivity index (χ0n) is 11.8. The fourth-order valence-electron chi connectivity index (χ4n) is 1.68. The van der Waals surface area contributed by atoms with Crippen LogP contribution in [-0.2, 0) is 6.54 Å². The van der Waals surface area contributed by atoms with E-state index in [2.05, 4.69) is 22.2 Å². The predicted molar refractivity (Wildman–Crippen MR) is 77.1 cm³/mol. The SMILES string of the molecule is CCCOc1ccccc1Oc1cncc(CNC)n1. The fourth-order valence-corrected chi connectivity index (χ4v) is 1.68. The summed E-state index contributed by atoms with van der Waals surface area (Å²) in [5.74, 6) is 1.83. The summed E-state index contributed by atoms with van der Waals surface area (Å²) in [6.45, 7) is 3.38. The second-order valence-electron chi connectivity index (χ2n) is 4.28. The highest BCUT2D eigenvalue weighted by Crippen LogP contribution is 2.30. The van der Waals surface area contributed by atoms with E-state index in [0.717, 1.165) is 17.9 Å². The van der Waals surface area contributed by atoms with E-state index < -0.39 is 0 Å². The van der Waals surface area contributed by atoms with Crippen molar-refractivity contribution in [1.82, 2.24) is 15.3 Å². The standard InChI is InChI=1S/C15H19N3O2/c1-3-8-19-13-6-4-5-7-14(13)20-15-11-17-10-12(18-15)9-16-2/h4-7,10-11,16H,3,8-9H2,1-2H3. The number of hydrogen-bond donors (Lipinski definition) is 1. The van der Waals surface area contributed by atoms with Gasteiger partial charge in [0.25, 0.3) is 0 Å². The van der Waals surface area contributed by atoms with E-state index in [-0.39, 0.29) is 0 Å². The molecule has 0 aliphatic rings. The van der Waals surface area contributed by atoms with Gasteiger partial charge in [-0.05, 0) is 25.6 Å². The lowest BCUT2D eigenvalue weighted by molar-refractivity contribution is 0.300. The van der Waals surface area contributed by atoms with Crippen LogP contribution in [0.25, 0.3) is 0 Å². The summed E-state index contributed by atoms with van der Waals surface area (Å²) in [7, 11) is 1.86. The first-order valence-corrected chi connectivity index (χ1v) is 6.68. The summed E-state index contributed by atoms with van der Waals surface area (Å²) in [5, 5.41) is 3.03. The molecule has 1 aromatic heterocycles. The van der Waals surface area contributed by atoms with E-state index in [0.29, 0.717) is 24.8 Å². The van der Waals surface area contributed by atoms with Gasteiger partial charge in [0.2, 0.25) is 5.88 Å². The molecule has 5 nitrogen and oxygen atoms in total. The van der Waals surface area contributed by atoms with Crippen molar-refractivity contribution in [3.63, 3.8) is 0 Å². The monoisotopic (exact) mass is 273 g/mol. The zero-order chi connectivity index (χ0) is 14.2. The first kappa shape index (κ1) is 14.3. The highest BCUT2D eigenvalue weighted by atomic mass is 16.5. The van der Waals surface area contributed by atoms with Crippen LogP contribution in [0.2, 0.25) is 0 Å². The molecule has 2 rings (SSSR count).